The fraction of sp³-hybridized carbons (Fsp3) is 0.444. The van der Waals surface area contributed by atoms with Gasteiger partial charge in [0.25, 0.3) is 0 Å². The molecule has 1 saturated heterocycles. The second-order valence-corrected chi connectivity index (χ2v) is 5.81. The zero-order valence-electron chi connectivity index (χ0n) is 14.9. The smallest absolute Gasteiger partial charge is 0.225 e. The molecular formula is C18H24N4O3. The highest BCUT2D eigenvalue weighted by atomic mass is 16.5. The summed E-state index contributed by atoms with van der Waals surface area (Å²) in [6, 6.07) is 5.79. The van der Waals surface area contributed by atoms with Crippen LogP contribution in [0.2, 0.25) is 0 Å². The van der Waals surface area contributed by atoms with Crippen LogP contribution < -0.4 is 19.1 Å². The maximum absolute atomic E-state index is 5.58. The van der Waals surface area contributed by atoms with Crippen molar-refractivity contribution < 1.29 is 14.2 Å². The van der Waals surface area contributed by atoms with Crippen LogP contribution in [-0.4, -0.2) is 62.4 Å². The van der Waals surface area contributed by atoms with Crippen LogP contribution in [0.1, 0.15) is 5.56 Å². The van der Waals surface area contributed by atoms with E-state index in [4.69, 9.17) is 14.2 Å². The summed E-state index contributed by atoms with van der Waals surface area (Å²) in [6.07, 6.45) is 3.56. The Hall–Kier alpha value is -2.54. The Bertz CT molecular complexity index is 688. The van der Waals surface area contributed by atoms with E-state index in [0.29, 0.717) is 11.5 Å². The van der Waals surface area contributed by atoms with Crippen molar-refractivity contribution in [2.24, 2.45) is 0 Å². The Kier molecular flexibility index (Phi) is 5.55. The quantitative estimate of drug-likeness (QED) is 0.792. The standard InChI is InChI=1S/C18H24N4O3/c1-23-15-6-5-14(16(24-2)17(15)25-3)13-21-9-11-22(12-10-21)18-19-7-4-8-20-18/h4-8H,9-13H2,1-3H3. The molecule has 1 aromatic carbocycles. The zero-order chi connectivity index (χ0) is 17.6. The summed E-state index contributed by atoms with van der Waals surface area (Å²) in [5.41, 5.74) is 1.09. The molecule has 3 rings (SSSR count). The minimum Gasteiger partial charge on any atom is -0.493 e. The Labute approximate surface area is 148 Å². The molecule has 7 heteroatoms. The molecule has 0 saturated carbocycles. The van der Waals surface area contributed by atoms with Crippen LogP contribution in [0.4, 0.5) is 5.95 Å². The Morgan fingerprint density at radius 3 is 2.16 bits per heavy atom. The molecule has 0 atom stereocenters. The highest BCUT2D eigenvalue weighted by Crippen LogP contribution is 2.40. The van der Waals surface area contributed by atoms with Gasteiger partial charge in [0.1, 0.15) is 0 Å². The summed E-state index contributed by atoms with van der Waals surface area (Å²) in [5.74, 6) is 2.84. The normalized spacial score (nSPS) is 15.1. The van der Waals surface area contributed by atoms with Gasteiger partial charge < -0.3 is 19.1 Å². The first kappa shape index (κ1) is 17.3. The SMILES string of the molecule is COc1ccc(CN2CCN(c3ncccn3)CC2)c(OC)c1OC. The average Bonchev–Trinajstić information content (AvgIpc) is 2.68. The highest BCUT2D eigenvalue weighted by molar-refractivity contribution is 5.55. The van der Waals surface area contributed by atoms with Crippen LogP contribution in [0.5, 0.6) is 17.2 Å². The monoisotopic (exact) mass is 344 g/mol. The number of methoxy groups -OCH3 is 3. The summed E-state index contributed by atoms with van der Waals surface area (Å²) in [4.78, 5) is 13.3. The molecule has 1 aliphatic rings. The lowest BCUT2D eigenvalue weighted by atomic mass is 10.1. The van der Waals surface area contributed by atoms with Gasteiger partial charge in [0, 0.05) is 50.7 Å². The number of ether oxygens (including phenoxy) is 3. The van der Waals surface area contributed by atoms with E-state index in [0.717, 1.165) is 50.0 Å². The zero-order valence-corrected chi connectivity index (χ0v) is 14.9. The summed E-state index contributed by atoms with van der Waals surface area (Å²) in [7, 11) is 4.91. The van der Waals surface area contributed by atoms with E-state index in [-0.39, 0.29) is 0 Å². The third kappa shape index (κ3) is 3.76. The Balaban J connectivity index is 1.68. The van der Waals surface area contributed by atoms with E-state index in [9.17, 15) is 0 Å². The van der Waals surface area contributed by atoms with Crippen molar-refractivity contribution >= 4 is 5.95 Å². The highest BCUT2D eigenvalue weighted by Gasteiger charge is 2.22. The molecule has 0 amide bonds. The first-order valence-corrected chi connectivity index (χ1v) is 8.29. The van der Waals surface area contributed by atoms with Crippen molar-refractivity contribution in [2.45, 2.75) is 6.54 Å². The third-order valence-electron chi connectivity index (χ3n) is 4.39. The van der Waals surface area contributed by atoms with Gasteiger partial charge in [-0.1, -0.05) is 6.07 Å². The van der Waals surface area contributed by atoms with E-state index >= 15 is 0 Å². The van der Waals surface area contributed by atoms with Crippen molar-refractivity contribution in [2.75, 3.05) is 52.4 Å². The Morgan fingerprint density at radius 1 is 0.880 bits per heavy atom. The van der Waals surface area contributed by atoms with Gasteiger partial charge in [-0.05, 0) is 12.1 Å². The number of aromatic nitrogens is 2. The van der Waals surface area contributed by atoms with Gasteiger partial charge in [0.2, 0.25) is 11.7 Å². The van der Waals surface area contributed by atoms with Gasteiger partial charge in [0.15, 0.2) is 11.5 Å². The first-order valence-electron chi connectivity index (χ1n) is 8.29. The predicted molar refractivity (Wildman–Crippen MR) is 95.6 cm³/mol. The number of benzene rings is 1. The van der Waals surface area contributed by atoms with E-state index in [1.807, 2.05) is 18.2 Å². The van der Waals surface area contributed by atoms with Gasteiger partial charge in [-0.25, -0.2) is 9.97 Å². The molecule has 134 valence electrons. The lowest BCUT2D eigenvalue weighted by Crippen LogP contribution is -2.46. The summed E-state index contributed by atoms with van der Waals surface area (Å²) < 4.78 is 16.4. The van der Waals surface area contributed by atoms with Crippen LogP contribution in [0.25, 0.3) is 0 Å². The molecule has 0 spiro atoms. The lowest BCUT2D eigenvalue weighted by molar-refractivity contribution is 0.242. The molecule has 0 radical (unpaired) electrons. The molecule has 2 heterocycles. The van der Waals surface area contributed by atoms with Crippen LogP contribution in [-0.2, 0) is 6.54 Å². The molecular weight excluding hydrogens is 320 g/mol. The van der Waals surface area contributed by atoms with Gasteiger partial charge >= 0.3 is 0 Å². The number of hydrogen-bond donors (Lipinski definition) is 0. The molecule has 7 nitrogen and oxygen atoms in total. The van der Waals surface area contributed by atoms with E-state index in [2.05, 4.69) is 19.8 Å². The van der Waals surface area contributed by atoms with Gasteiger partial charge in [-0.2, -0.15) is 0 Å². The van der Waals surface area contributed by atoms with Crippen LogP contribution in [0.15, 0.2) is 30.6 Å². The number of anilines is 1. The van der Waals surface area contributed by atoms with Crippen LogP contribution in [0.3, 0.4) is 0 Å². The minimum absolute atomic E-state index is 0.638. The van der Waals surface area contributed by atoms with Crippen molar-refractivity contribution in [1.82, 2.24) is 14.9 Å². The molecule has 0 aliphatic carbocycles. The molecule has 25 heavy (non-hydrogen) atoms. The van der Waals surface area contributed by atoms with Crippen LogP contribution in [0, 0.1) is 0 Å². The molecule has 1 aliphatic heterocycles. The lowest BCUT2D eigenvalue weighted by Gasteiger charge is -2.35. The molecule has 2 aromatic rings. The van der Waals surface area contributed by atoms with E-state index in [1.165, 1.54) is 0 Å². The Morgan fingerprint density at radius 2 is 1.56 bits per heavy atom. The number of hydrogen-bond acceptors (Lipinski definition) is 7. The van der Waals surface area contributed by atoms with Crippen molar-refractivity contribution in [1.29, 1.82) is 0 Å². The van der Waals surface area contributed by atoms with Crippen molar-refractivity contribution in [3.05, 3.63) is 36.2 Å². The number of piperazine rings is 1. The van der Waals surface area contributed by atoms with E-state index in [1.54, 1.807) is 33.7 Å². The number of nitrogens with zero attached hydrogens (tertiary/aromatic N) is 4. The summed E-state index contributed by atoms with van der Waals surface area (Å²) in [6.45, 7) is 4.48. The van der Waals surface area contributed by atoms with Crippen molar-refractivity contribution in [3.8, 4) is 17.2 Å². The predicted octanol–water partition coefficient (Wildman–Crippen LogP) is 1.82. The molecule has 0 unspecified atom stereocenters. The third-order valence-corrected chi connectivity index (χ3v) is 4.39. The summed E-state index contributed by atoms with van der Waals surface area (Å²) >= 11 is 0. The van der Waals surface area contributed by atoms with Crippen LogP contribution >= 0.6 is 0 Å². The van der Waals surface area contributed by atoms with Gasteiger partial charge in [-0.15, -0.1) is 0 Å². The molecule has 1 aromatic heterocycles. The molecule has 0 N–H and O–H groups in total. The largest absolute Gasteiger partial charge is 0.493 e. The minimum atomic E-state index is 0.638. The first-order chi connectivity index (χ1) is 12.3. The second kappa shape index (κ2) is 8.02. The van der Waals surface area contributed by atoms with Crippen molar-refractivity contribution in [3.63, 3.8) is 0 Å². The summed E-state index contributed by atoms with van der Waals surface area (Å²) in [5, 5.41) is 0. The van der Waals surface area contributed by atoms with Gasteiger partial charge in [0.05, 0.1) is 21.3 Å². The fourth-order valence-corrected chi connectivity index (χ4v) is 3.09. The average molecular weight is 344 g/mol. The van der Waals surface area contributed by atoms with E-state index < -0.39 is 0 Å². The molecule has 1 fully saturated rings. The molecule has 0 bridgehead atoms. The second-order valence-electron chi connectivity index (χ2n) is 5.81. The maximum atomic E-state index is 5.58. The van der Waals surface area contributed by atoms with Gasteiger partial charge in [-0.3, -0.25) is 4.90 Å². The topological polar surface area (TPSA) is 60.0 Å². The number of rotatable bonds is 6. The fourth-order valence-electron chi connectivity index (χ4n) is 3.09. The maximum Gasteiger partial charge on any atom is 0.225 e.